The number of amides is 2. The molecule has 0 aliphatic rings. The van der Waals surface area contributed by atoms with E-state index in [9.17, 15) is 9.59 Å². The van der Waals surface area contributed by atoms with Gasteiger partial charge in [-0.05, 0) is 49.7 Å². The molecule has 0 aliphatic carbocycles. The van der Waals surface area contributed by atoms with Crippen molar-refractivity contribution in [3.05, 3.63) is 66.1 Å². The molecule has 2 amide bonds. The van der Waals surface area contributed by atoms with Crippen molar-refractivity contribution in [2.75, 3.05) is 5.32 Å². The number of aromatic nitrogens is 3. The Balaban J connectivity index is 1.65. The number of nitrogens with zero attached hydrogens (tertiary/aromatic N) is 3. The SMILES string of the molecule is CC(=O)Nc1cccc(CNC(=O)c2cc(-c3ccco3)nc3c2cnn3C(C)C)c1. The summed E-state index contributed by atoms with van der Waals surface area (Å²) in [6.45, 7) is 5.78. The minimum atomic E-state index is -0.242. The third-order valence-electron chi connectivity index (χ3n) is 4.77. The van der Waals surface area contributed by atoms with Gasteiger partial charge in [-0.2, -0.15) is 5.10 Å². The second kappa shape index (κ2) is 8.43. The molecular weight excluding hydrogens is 394 g/mol. The van der Waals surface area contributed by atoms with Gasteiger partial charge in [-0.25, -0.2) is 9.67 Å². The molecule has 0 saturated carbocycles. The standard InChI is InChI=1S/C23H23N5O3/c1-14(2)28-22-19(13-25-28)18(11-20(27-22)21-8-5-9-31-21)23(30)24-12-16-6-4-7-17(10-16)26-15(3)29/h4-11,13-14H,12H2,1-3H3,(H,24,30)(H,26,29). The van der Waals surface area contributed by atoms with Crippen LogP contribution in [0.25, 0.3) is 22.5 Å². The fraction of sp³-hybridized carbons (Fsp3) is 0.217. The van der Waals surface area contributed by atoms with Gasteiger partial charge >= 0.3 is 0 Å². The maximum Gasteiger partial charge on any atom is 0.252 e. The van der Waals surface area contributed by atoms with Crippen molar-refractivity contribution in [2.24, 2.45) is 0 Å². The van der Waals surface area contributed by atoms with E-state index in [0.29, 0.717) is 40.3 Å². The van der Waals surface area contributed by atoms with E-state index in [4.69, 9.17) is 4.42 Å². The fourth-order valence-electron chi connectivity index (χ4n) is 3.37. The zero-order valence-electron chi connectivity index (χ0n) is 17.5. The summed E-state index contributed by atoms with van der Waals surface area (Å²) >= 11 is 0. The number of nitrogens with one attached hydrogen (secondary N) is 2. The van der Waals surface area contributed by atoms with Crippen LogP contribution in [-0.2, 0) is 11.3 Å². The highest BCUT2D eigenvalue weighted by Gasteiger charge is 2.19. The van der Waals surface area contributed by atoms with Gasteiger partial charge in [-0.3, -0.25) is 9.59 Å². The Labute approximate surface area is 179 Å². The van der Waals surface area contributed by atoms with Crippen molar-refractivity contribution in [1.29, 1.82) is 0 Å². The Morgan fingerprint density at radius 3 is 2.71 bits per heavy atom. The van der Waals surface area contributed by atoms with Gasteiger partial charge in [0.05, 0.1) is 23.4 Å². The van der Waals surface area contributed by atoms with Crippen molar-refractivity contribution in [1.82, 2.24) is 20.1 Å². The van der Waals surface area contributed by atoms with E-state index >= 15 is 0 Å². The predicted molar refractivity (Wildman–Crippen MR) is 118 cm³/mol. The molecule has 0 unspecified atom stereocenters. The van der Waals surface area contributed by atoms with Crippen LogP contribution in [0, 0.1) is 0 Å². The first-order chi connectivity index (χ1) is 14.9. The first-order valence-corrected chi connectivity index (χ1v) is 9.99. The summed E-state index contributed by atoms with van der Waals surface area (Å²) in [4.78, 5) is 29.1. The lowest BCUT2D eigenvalue weighted by Crippen LogP contribution is -2.23. The molecular formula is C23H23N5O3. The molecule has 31 heavy (non-hydrogen) atoms. The van der Waals surface area contributed by atoms with E-state index < -0.39 is 0 Å². The third kappa shape index (κ3) is 4.32. The number of anilines is 1. The summed E-state index contributed by atoms with van der Waals surface area (Å²) in [5, 5.41) is 10.8. The largest absolute Gasteiger partial charge is 0.463 e. The molecule has 3 aromatic heterocycles. The number of pyridine rings is 1. The number of furan rings is 1. The fourth-order valence-corrected chi connectivity index (χ4v) is 3.37. The van der Waals surface area contributed by atoms with Crippen molar-refractivity contribution >= 4 is 28.5 Å². The van der Waals surface area contributed by atoms with Crippen molar-refractivity contribution in [3.8, 4) is 11.5 Å². The number of carbonyl (C=O) groups is 2. The lowest BCUT2D eigenvalue weighted by molar-refractivity contribution is -0.114. The molecule has 0 atom stereocenters. The van der Waals surface area contributed by atoms with Crippen LogP contribution in [0.5, 0.6) is 0 Å². The summed E-state index contributed by atoms with van der Waals surface area (Å²) < 4.78 is 7.28. The molecule has 158 valence electrons. The highest BCUT2D eigenvalue weighted by atomic mass is 16.3. The molecule has 0 aliphatic heterocycles. The van der Waals surface area contributed by atoms with Gasteiger partial charge in [0.1, 0.15) is 5.69 Å². The zero-order chi connectivity index (χ0) is 22.0. The maximum atomic E-state index is 13.1. The topological polar surface area (TPSA) is 102 Å². The van der Waals surface area contributed by atoms with E-state index in [0.717, 1.165) is 5.56 Å². The summed E-state index contributed by atoms with van der Waals surface area (Å²) in [5.74, 6) is 0.192. The highest BCUT2D eigenvalue weighted by Crippen LogP contribution is 2.26. The molecule has 0 bridgehead atoms. The summed E-state index contributed by atoms with van der Waals surface area (Å²) in [6.07, 6.45) is 3.24. The molecule has 4 rings (SSSR count). The van der Waals surface area contributed by atoms with Gasteiger partial charge in [-0.1, -0.05) is 12.1 Å². The monoisotopic (exact) mass is 417 g/mol. The number of rotatable bonds is 6. The molecule has 1 aromatic carbocycles. The van der Waals surface area contributed by atoms with Crippen LogP contribution < -0.4 is 10.6 Å². The average molecular weight is 417 g/mol. The van der Waals surface area contributed by atoms with Crippen LogP contribution in [0.1, 0.15) is 42.7 Å². The number of benzene rings is 1. The smallest absolute Gasteiger partial charge is 0.252 e. The van der Waals surface area contributed by atoms with Crippen molar-refractivity contribution in [2.45, 2.75) is 33.4 Å². The Hall–Kier alpha value is -3.94. The highest BCUT2D eigenvalue weighted by molar-refractivity contribution is 6.06. The van der Waals surface area contributed by atoms with Crippen LogP contribution in [-0.4, -0.2) is 26.6 Å². The Morgan fingerprint density at radius 2 is 2.00 bits per heavy atom. The first-order valence-electron chi connectivity index (χ1n) is 9.99. The number of hydrogen-bond acceptors (Lipinski definition) is 5. The average Bonchev–Trinajstić information content (AvgIpc) is 3.41. The first kappa shape index (κ1) is 20.3. The van der Waals surface area contributed by atoms with Crippen LogP contribution in [0.2, 0.25) is 0 Å². The maximum absolute atomic E-state index is 13.1. The predicted octanol–water partition coefficient (Wildman–Crippen LogP) is 4.16. The molecule has 8 nitrogen and oxygen atoms in total. The Morgan fingerprint density at radius 1 is 1.16 bits per heavy atom. The Kier molecular flexibility index (Phi) is 5.53. The normalized spacial score (nSPS) is 11.1. The summed E-state index contributed by atoms with van der Waals surface area (Å²) in [7, 11) is 0. The van der Waals surface area contributed by atoms with Crippen LogP contribution in [0.15, 0.2) is 59.3 Å². The number of fused-ring (bicyclic) bond motifs is 1. The second-order valence-corrected chi connectivity index (χ2v) is 7.52. The van der Waals surface area contributed by atoms with E-state index in [1.165, 1.54) is 6.92 Å². The minimum absolute atomic E-state index is 0.0873. The third-order valence-corrected chi connectivity index (χ3v) is 4.77. The van der Waals surface area contributed by atoms with E-state index in [-0.39, 0.29) is 17.9 Å². The summed E-state index contributed by atoms with van der Waals surface area (Å²) in [6, 6.07) is 12.7. The quantitative estimate of drug-likeness (QED) is 0.490. The molecule has 0 saturated heterocycles. The lowest BCUT2D eigenvalue weighted by atomic mass is 10.1. The van der Waals surface area contributed by atoms with Crippen molar-refractivity contribution < 1.29 is 14.0 Å². The summed E-state index contributed by atoms with van der Waals surface area (Å²) in [5.41, 5.74) is 3.22. The Bertz CT molecular complexity index is 1240. The molecule has 0 spiro atoms. The van der Waals surface area contributed by atoms with Gasteiger partial charge in [0, 0.05) is 25.2 Å². The van der Waals surface area contributed by atoms with E-state index in [2.05, 4.69) is 20.7 Å². The van der Waals surface area contributed by atoms with Gasteiger partial charge in [0.2, 0.25) is 5.91 Å². The molecule has 3 heterocycles. The van der Waals surface area contributed by atoms with Gasteiger partial charge < -0.3 is 15.1 Å². The lowest BCUT2D eigenvalue weighted by Gasteiger charge is -2.11. The number of carbonyl (C=O) groups excluding carboxylic acids is 2. The van der Waals surface area contributed by atoms with Gasteiger partial charge in [0.15, 0.2) is 11.4 Å². The molecule has 0 fully saturated rings. The van der Waals surface area contributed by atoms with Crippen LogP contribution in [0.3, 0.4) is 0 Å². The second-order valence-electron chi connectivity index (χ2n) is 7.52. The minimum Gasteiger partial charge on any atom is -0.463 e. The molecule has 0 radical (unpaired) electrons. The van der Waals surface area contributed by atoms with Gasteiger partial charge in [-0.15, -0.1) is 0 Å². The van der Waals surface area contributed by atoms with Crippen molar-refractivity contribution in [3.63, 3.8) is 0 Å². The molecule has 2 N–H and O–H groups in total. The van der Waals surface area contributed by atoms with Crippen LogP contribution >= 0.6 is 0 Å². The van der Waals surface area contributed by atoms with Crippen LogP contribution in [0.4, 0.5) is 5.69 Å². The molecule has 4 aromatic rings. The van der Waals surface area contributed by atoms with E-state index in [1.807, 2.05) is 32.0 Å². The van der Waals surface area contributed by atoms with Gasteiger partial charge in [0.25, 0.3) is 5.91 Å². The zero-order valence-corrected chi connectivity index (χ0v) is 17.5. The number of hydrogen-bond donors (Lipinski definition) is 2. The molecule has 8 heteroatoms. The van der Waals surface area contributed by atoms with E-state index in [1.54, 1.807) is 41.4 Å².